The van der Waals surface area contributed by atoms with Crippen molar-refractivity contribution in [2.24, 2.45) is 0 Å². The van der Waals surface area contributed by atoms with Crippen LogP contribution in [0.5, 0.6) is 0 Å². The maximum atomic E-state index is 12.5. The number of H-pyrrole nitrogens is 2. The van der Waals surface area contributed by atoms with Crippen LogP contribution in [0.25, 0.3) is 11.4 Å². The van der Waals surface area contributed by atoms with Gasteiger partial charge in [0.15, 0.2) is 5.15 Å². The number of benzene rings is 1. The largest absolute Gasteiger partial charge is 0.339 e. The van der Waals surface area contributed by atoms with Crippen molar-refractivity contribution in [1.82, 2.24) is 24.8 Å². The second kappa shape index (κ2) is 6.62. The van der Waals surface area contributed by atoms with E-state index in [1.54, 1.807) is 0 Å². The molecule has 1 saturated carbocycles. The van der Waals surface area contributed by atoms with E-state index >= 15 is 0 Å². The van der Waals surface area contributed by atoms with Gasteiger partial charge in [0.05, 0.1) is 17.0 Å². The molecule has 0 radical (unpaired) electrons. The molecule has 2 aromatic heterocycles. The molecular formula is C20H20ClN5O. The summed E-state index contributed by atoms with van der Waals surface area (Å²) in [6.45, 7) is 2.06. The van der Waals surface area contributed by atoms with Gasteiger partial charge in [-0.2, -0.15) is 0 Å². The van der Waals surface area contributed by atoms with Gasteiger partial charge in [0.2, 0.25) is 0 Å². The number of fused-ring (bicyclic) bond motifs is 1. The van der Waals surface area contributed by atoms with Gasteiger partial charge in [-0.05, 0) is 12.8 Å². The molecule has 0 bridgehead atoms. The Morgan fingerprint density at radius 2 is 1.96 bits per heavy atom. The maximum Gasteiger partial charge on any atom is 0.255 e. The Kier molecular flexibility index (Phi) is 4.10. The topological polar surface area (TPSA) is 77.7 Å². The molecule has 1 aromatic carbocycles. The van der Waals surface area contributed by atoms with Crippen molar-refractivity contribution in [2.45, 2.75) is 38.3 Å². The third-order valence-electron chi connectivity index (χ3n) is 5.29. The van der Waals surface area contributed by atoms with Crippen molar-refractivity contribution in [2.75, 3.05) is 6.54 Å². The molecule has 2 N–H and O–H groups in total. The average molecular weight is 382 g/mol. The van der Waals surface area contributed by atoms with Crippen molar-refractivity contribution >= 4 is 11.6 Å². The highest BCUT2D eigenvalue weighted by Crippen LogP contribution is 2.37. The Balaban J connectivity index is 1.36. The maximum absolute atomic E-state index is 12.5. The molecule has 0 saturated heterocycles. The van der Waals surface area contributed by atoms with E-state index in [2.05, 4.69) is 19.9 Å². The van der Waals surface area contributed by atoms with E-state index in [1.807, 2.05) is 30.3 Å². The molecule has 7 heteroatoms. The minimum Gasteiger partial charge on any atom is -0.339 e. The van der Waals surface area contributed by atoms with Crippen molar-refractivity contribution in [3.8, 4) is 11.4 Å². The summed E-state index contributed by atoms with van der Waals surface area (Å²) in [7, 11) is 0. The lowest BCUT2D eigenvalue weighted by molar-refractivity contribution is 0.239. The molecule has 3 aromatic rings. The number of halogens is 1. The van der Waals surface area contributed by atoms with Gasteiger partial charge in [0.25, 0.3) is 5.56 Å². The van der Waals surface area contributed by atoms with Crippen LogP contribution in [0.2, 0.25) is 5.15 Å². The Bertz CT molecular complexity index is 1040. The summed E-state index contributed by atoms with van der Waals surface area (Å²) >= 11 is 6.36. The molecule has 0 amide bonds. The summed E-state index contributed by atoms with van der Waals surface area (Å²) in [5, 5.41) is 0.482. The quantitative estimate of drug-likeness (QED) is 0.727. The van der Waals surface area contributed by atoms with Gasteiger partial charge >= 0.3 is 0 Å². The third kappa shape index (κ3) is 3.31. The second-order valence-corrected chi connectivity index (χ2v) is 7.69. The van der Waals surface area contributed by atoms with Gasteiger partial charge in [0.1, 0.15) is 11.6 Å². The highest BCUT2D eigenvalue weighted by atomic mass is 35.5. The number of imidazole rings is 1. The highest BCUT2D eigenvalue weighted by molar-refractivity contribution is 6.30. The molecular weight excluding hydrogens is 362 g/mol. The van der Waals surface area contributed by atoms with E-state index in [-0.39, 0.29) is 5.56 Å². The molecule has 1 aliphatic heterocycles. The Morgan fingerprint density at radius 1 is 1.15 bits per heavy atom. The molecule has 2 aliphatic rings. The molecule has 138 valence electrons. The Morgan fingerprint density at radius 3 is 2.74 bits per heavy atom. The first-order valence-corrected chi connectivity index (χ1v) is 9.69. The molecule has 6 nitrogen and oxygen atoms in total. The molecule has 0 spiro atoms. The molecule has 1 aliphatic carbocycles. The summed E-state index contributed by atoms with van der Waals surface area (Å²) in [5.41, 5.74) is 3.62. The van der Waals surface area contributed by atoms with Gasteiger partial charge in [-0.25, -0.2) is 9.97 Å². The molecule has 1 fully saturated rings. The predicted octanol–water partition coefficient (Wildman–Crippen LogP) is 3.25. The summed E-state index contributed by atoms with van der Waals surface area (Å²) in [5.74, 6) is 2.10. The molecule has 27 heavy (non-hydrogen) atoms. The average Bonchev–Trinajstić information content (AvgIpc) is 3.47. The summed E-state index contributed by atoms with van der Waals surface area (Å²) < 4.78 is 0. The minimum atomic E-state index is 0.00674. The fraction of sp³-hybridized carbons (Fsp3) is 0.350. The van der Waals surface area contributed by atoms with E-state index < -0.39 is 0 Å². The summed E-state index contributed by atoms with van der Waals surface area (Å²) in [4.78, 5) is 30.2. The van der Waals surface area contributed by atoms with Crippen LogP contribution in [-0.4, -0.2) is 31.4 Å². The fourth-order valence-electron chi connectivity index (χ4n) is 3.63. The van der Waals surface area contributed by atoms with Crippen LogP contribution < -0.4 is 5.56 Å². The van der Waals surface area contributed by atoms with Gasteiger partial charge < -0.3 is 9.97 Å². The monoisotopic (exact) mass is 381 g/mol. The first-order valence-electron chi connectivity index (χ1n) is 9.31. The van der Waals surface area contributed by atoms with Crippen LogP contribution >= 0.6 is 11.6 Å². The molecule has 0 unspecified atom stereocenters. The third-order valence-corrected chi connectivity index (χ3v) is 5.60. The first kappa shape index (κ1) is 16.7. The van der Waals surface area contributed by atoms with E-state index in [4.69, 9.17) is 16.6 Å². The zero-order valence-corrected chi connectivity index (χ0v) is 15.6. The summed E-state index contributed by atoms with van der Waals surface area (Å²) in [6.07, 6.45) is 3.06. The molecule has 3 heterocycles. The van der Waals surface area contributed by atoms with Crippen molar-refractivity contribution in [3.05, 3.63) is 68.6 Å². The smallest absolute Gasteiger partial charge is 0.255 e. The summed E-state index contributed by atoms with van der Waals surface area (Å²) in [6, 6.07) is 9.92. The number of nitrogens with zero attached hydrogens (tertiary/aromatic N) is 3. The number of nitrogens with one attached hydrogen (secondary N) is 2. The number of aromatic nitrogens is 4. The van der Waals surface area contributed by atoms with Crippen molar-refractivity contribution in [3.63, 3.8) is 0 Å². The van der Waals surface area contributed by atoms with Crippen molar-refractivity contribution < 1.29 is 0 Å². The van der Waals surface area contributed by atoms with E-state index in [9.17, 15) is 4.79 Å². The second-order valence-electron chi connectivity index (χ2n) is 7.33. The zero-order chi connectivity index (χ0) is 18.4. The van der Waals surface area contributed by atoms with E-state index in [0.717, 1.165) is 60.0 Å². The van der Waals surface area contributed by atoms with Crippen LogP contribution in [0.4, 0.5) is 0 Å². The zero-order valence-electron chi connectivity index (χ0n) is 14.8. The normalized spacial score (nSPS) is 17.1. The lowest BCUT2D eigenvalue weighted by Crippen LogP contribution is -2.35. The Labute approximate surface area is 161 Å². The fourth-order valence-corrected chi connectivity index (χ4v) is 3.83. The van der Waals surface area contributed by atoms with Gasteiger partial charge in [-0.15, -0.1) is 0 Å². The first-order chi connectivity index (χ1) is 13.2. The SMILES string of the molecule is O=c1[nH]c(C2CC2)nc2c1CN(Cc1[nH]c(-c3ccccc3)nc1Cl)CC2. The number of hydrogen-bond acceptors (Lipinski definition) is 4. The minimum absolute atomic E-state index is 0.00674. The number of rotatable bonds is 4. The van der Waals surface area contributed by atoms with Crippen LogP contribution in [0.3, 0.4) is 0 Å². The number of aromatic amines is 2. The van der Waals surface area contributed by atoms with E-state index in [1.165, 1.54) is 0 Å². The van der Waals surface area contributed by atoms with Crippen LogP contribution in [0.1, 0.15) is 41.5 Å². The van der Waals surface area contributed by atoms with Gasteiger partial charge in [-0.3, -0.25) is 9.69 Å². The highest BCUT2D eigenvalue weighted by Gasteiger charge is 2.29. The Hall–Kier alpha value is -2.44. The number of hydrogen-bond donors (Lipinski definition) is 2. The van der Waals surface area contributed by atoms with Gasteiger partial charge in [0, 0.05) is 37.5 Å². The lowest BCUT2D eigenvalue weighted by Gasteiger charge is -2.27. The lowest BCUT2D eigenvalue weighted by atomic mass is 10.1. The molecule has 5 rings (SSSR count). The molecule has 0 atom stereocenters. The standard InChI is InChI=1S/C20H20ClN5O/c21-17-16(23-18(24-17)12-4-2-1-3-5-12)11-26-9-8-15-14(10-26)20(27)25-19(22-15)13-6-7-13/h1-5,13H,6-11H2,(H,23,24)(H,22,25,27). The van der Waals surface area contributed by atoms with Crippen LogP contribution in [0.15, 0.2) is 35.1 Å². The van der Waals surface area contributed by atoms with Gasteiger partial charge in [-0.1, -0.05) is 41.9 Å². The van der Waals surface area contributed by atoms with Crippen molar-refractivity contribution in [1.29, 1.82) is 0 Å². The van der Waals surface area contributed by atoms with Crippen LogP contribution in [0, 0.1) is 0 Å². The van der Waals surface area contributed by atoms with Crippen LogP contribution in [-0.2, 0) is 19.5 Å². The van der Waals surface area contributed by atoms with E-state index in [0.29, 0.717) is 24.2 Å². The predicted molar refractivity (Wildman–Crippen MR) is 104 cm³/mol.